The van der Waals surface area contributed by atoms with Crippen molar-refractivity contribution in [2.45, 2.75) is 45.7 Å². The summed E-state index contributed by atoms with van der Waals surface area (Å²) in [4.78, 5) is 27.5. The van der Waals surface area contributed by atoms with E-state index in [2.05, 4.69) is 29.4 Å². The predicted octanol–water partition coefficient (Wildman–Crippen LogP) is 4.51. The van der Waals surface area contributed by atoms with E-state index in [9.17, 15) is 9.59 Å². The summed E-state index contributed by atoms with van der Waals surface area (Å²) in [5.74, 6) is 0.263. The Labute approximate surface area is 183 Å². The third kappa shape index (κ3) is 5.54. The molecule has 1 atom stereocenters. The molecule has 0 unspecified atom stereocenters. The monoisotopic (exact) mass is 427 g/mol. The summed E-state index contributed by atoms with van der Waals surface area (Å²) in [6.45, 7) is 7.80. The molecule has 3 rings (SSSR count). The molecule has 0 spiro atoms. The number of hydrogen-bond acceptors (Lipinski definition) is 3. The van der Waals surface area contributed by atoms with Gasteiger partial charge in [-0.25, -0.2) is 0 Å². The van der Waals surface area contributed by atoms with Gasteiger partial charge in [0.2, 0.25) is 0 Å². The molecule has 1 fully saturated rings. The van der Waals surface area contributed by atoms with Gasteiger partial charge in [0, 0.05) is 41.4 Å². The molecule has 2 amide bonds. The summed E-state index contributed by atoms with van der Waals surface area (Å²) >= 11 is 5.89. The second-order valence-electron chi connectivity index (χ2n) is 8.26. The number of rotatable bonds is 6. The lowest BCUT2D eigenvalue weighted by molar-refractivity contribution is 0.0925. The second-order valence-corrected chi connectivity index (χ2v) is 8.70. The van der Waals surface area contributed by atoms with Gasteiger partial charge in [-0.05, 0) is 62.1 Å². The van der Waals surface area contributed by atoms with Crippen LogP contribution in [0.5, 0.6) is 0 Å². The summed E-state index contributed by atoms with van der Waals surface area (Å²) in [5, 5.41) is 6.83. The normalized spacial score (nSPS) is 15.7. The van der Waals surface area contributed by atoms with Crippen molar-refractivity contribution in [2.75, 3.05) is 18.0 Å². The number of benzene rings is 2. The van der Waals surface area contributed by atoms with E-state index in [4.69, 9.17) is 11.6 Å². The van der Waals surface area contributed by atoms with E-state index in [0.29, 0.717) is 22.1 Å². The number of hydrogen-bond donors (Lipinski definition) is 2. The van der Waals surface area contributed by atoms with Crippen LogP contribution < -0.4 is 15.5 Å². The summed E-state index contributed by atoms with van der Waals surface area (Å²) in [6, 6.07) is 14.9. The second kappa shape index (κ2) is 9.98. The van der Waals surface area contributed by atoms with Gasteiger partial charge in [0.25, 0.3) is 11.8 Å². The SMILES string of the molecule is CC(C)[C@H](C)NC(=O)c1ccccc1N1CCC(NC(=O)c2ccc(Cl)cc2)CC1. The first-order chi connectivity index (χ1) is 14.3. The van der Waals surface area contributed by atoms with Crippen molar-refractivity contribution < 1.29 is 9.59 Å². The number of carbonyl (C=O) groups is 2. The summed E-state index contributed by atoms with van der Waals surface area (Å²) in [6.07, 6.45) is 1.66. The van der Waals surface area contributed by atoms with Crippen LogP contribution in [0.3, 0.4) is 0 Å². The van der Waals surface area contributed by atoms with Crippen molar-refractivity contribution in [1.29, 1.82) is 0 Å². The molecule has 1 saturated heterocycles. The van der Waals surface area contributed by atoms with Gasteiger partial charge >= 0.3 is 0 Å². The number of para-hydroxylation sites is 1. The molecule has 2 N–H and O–H groups in total. The first kappa shape index (κ1) is 22.2. The zero-order chi connectivity index (χ0) is 21.7. The third-order valence-electron chi connectivity index (χ3n) is 5.78. The van der Waals surface area contributed by atoms with Crippen LogP contribution in [0.1, 0.15) is 54.3 Å². The Morgan fingerprint density at radius 3 is 2.23 bits per heavy atom. The zero-order valence-electron chi connectivity index (χ0n) is 17.8. The van der Waals surface area contributed by atoms with Crippen molar-refractivity contribution in [2.24, 2.45) is 5.92 Å². The van der Waals surface area contributed by atoms with Gasteiger partial charge in [-0.3, -0.25) is 9.59 Å². The fourth-order valence-corrected chi connectivity index (χ4v) is 3.65. The molecule has 1 aliphatic heterocycles. The van der Waals surface area contributed by atoms with Gasteiger partial charge < -0.3 is 15.5 Å². The Hall–Kier alpha value is -2.53. The van der Waals surface area contributed by atoms with Crippen LogP contribution in [-0.4, -0.2) is 37.0 Å². The maximum atomic E-state index is 12.8. The van der Waals surface area contributed by atoms with Crippen LogP contribution in [0.2, 0.25) is 5.02 Å². The number of carbonyl (C=O) groups excluding carboxylic acids is 2. The Kier molecular flexibility index (Phi) is 7.38. The lowest BCUT2D eigenvalue weighted by Gasteiger charge is -2.35. The molecular formula is C24H30ClN3O2. The molecule has 5 nitrogen and oxygen atoms in total. The number of piperidine rings is 1. The standard InChI is InChI=1S/C24H30ClN3O2/c1-16(2)17(3)26-24(30)21-6-4-5-7-22(21)28-14-12-20(13-15-28)27-23(29)18-8-10-19(25)11-9-18/h4-11,16-17,20H,12-15H2,1-3H3,(H,26,30)(H,27,29)/t17-/m0/s1. The fourth-order valence-electron chi connectivity index (χ4n) is 3.53. The average molecular weight is 428 g/mol. The molecule has 6 heteroatoms. The van der Waals surface area contributed by atoms with Crippen molar-refractivity contribution in [3.63, 3.8) is 0 Å². The van der Waals surface area contributed by atoms with E-state index < -0.39 is 0 Å². The molecule has 0 radical (unpaired) electrons. The van der Waals surface area contributed by atoms with Gasteiger partial charge in [0.15, 0.2) is 0 Å². The predicted molar refractivity (Wildman–Crippen MR) is 122 cm³/mol. The van der Waals surface area contributed by atoms with E-state index in [1.54, 1.807) is 24.3 Å². The maximum Gasteiger partial charge on any atom is 0.253 e. The molecule has 2 aromatic rings. The molecule has 0 saturated carbocycles. The lowest BCUT2D eigenvalue weighted by Crippen LogP contribution is -2.45. The first-order valence-corrected chi connectivity index (χ1v) is 10.9. The Morgan fingerprint density at radius 2 is 1.60 bits per heavy atom. The molecule has 1 aliphatic rings. The number of nitrogens with one attached hydrogen (secondary N) is 2. The van der Waals surface area contributed by atoms with E-state index >= 15 is 0 Å². The van der Waals surface area contributed by atoms with E-state index in [1.807, 2.05) is 31.2 Å². The van der Waals surface area contributed by atoms with Gasteiger partial charge in [-0.2, -0.15) is 0 Å². The Morgan fingerprint density at radius 1 is 0.967 bits per heavy atom. The minimum absolute atomic E-state index is 0.0371. The quantitative estimate of drug-likeness (QED) is 0.712. The van der Waals surface area contributed by atoms with Crippen molar-refractivity contribution in [3.05, 3.63) is 64.7 Å². The van der Waals surface area contributed by atoms with Crippen LogP contribution >= 0.6 is 11.6 Å². The van der Waals surface area contributed by atoms with Crippen molar-refractivity contribution in [1.82, 2.24) is 10.6 Å². The van der Waals surface area contributed by atoms with Gasteiger partial charge in [0.05, 0.1) is 5.56 Å². The molecule has 1 heterocycles. The van der Waals surface area contributed by atoms with Crippen LogP contribution in [0.25, 0.3) is 0 Å². The summed E-state index contributed by atoms with van der Waals surface area (Å²) in [7, 11) is 0. The topological polar surface area (TPSA) is 61.4 Å². The summed E-state index contributed by atoms with van der Waals surface area (Å²) < 4.78 is 0. The fraction of sp³-hybridized carbons (Fsp3) is 0.417. The molecule has 0 aliphatic carbocycles. The minimum Gasteiger partial charge on any atom is -0.371 e. The van der Waals surface area contributed by atoms with Crippen LogP contribution in [0.15, 0.2) is 48.5 Å². The number of halogens is 1. The van der Waals surface area contributed by atoms with Gasteiger partial charge in [0.1, 0.15) is 0 Å². The highest BCUT2D eigenvalue weighted by Gasteiger charge is 2.24. The largest absolute Gasteiger partial charge is 0.371 e. The lowest BCUT2D eigenvalue weighted by atomic mass is 10.0. The molecule has 30 heavy (non-hydrogen) atoms. The van der Waals surface area contributed by atoms with Crippen LogP contribution in [0, 0.1) is 5.92 Å². The molecule has 2 aromatic carbocycles. The molecule has 0 bridgehead atoms. The maximum absolute atomic E-state index is 12.8. The Bertz CT molecular complexity index is 874. The highest BCUT2D eigenvalue weighted by atomic mass is 35.5. The van der Waals surface area contributed by atoms with E-state index in [1.165, 1.54) is 0 Å². The third-order valence-corrected chi connectivity index (χ3v) is 6.04. The van der Waals surface area contributed by atoms with Gasteiger partial charge in [-0.1, -0.05) is 37.6 Å². The molecular weight excluding hydrogens is 398 g/mol. The zero-order valence-corrected chi connectivity index (χ0v) is 18.6. The molecule has 0 aromatic heterocycles. The minimum atomic E-state index is -0.0763. The van der Waals surface area contributed by atoms with Crippen LogP contribution in [-0.2, 0) is 0 Å². The number of nitrogens with zero attached hydrogens (tertiary/aromatic N) is 1. The van der Waals surface area contributed by atoms with Crippen molar-refractivity contribution >= 4 is 29.1 Å². The highest BCUT2D eigenvalue weighted by molar-refractivity contribution is 6.30. The van der Waals surface area contributed by atoms with Crippen LogP contribution in [0.4, 0.5) is 5.69 Å². The smallest absolute Gasteiger partial charge is 0.253 e. The molecule has 160 valence electrons. The highest BCUT2D eigenvalue weighted by Crippen LogP contribution is 2.25. The Balaban J connectivity index is 1.60. The van der Waals surface area contributed by atoms with E-state index in [-0.39, 0.29) is 23.9 Å². The first-order valence-electron chi connectivity index (χ1n) is 10.6. The average Bonchev–Trinajstić information content (AvgIpc) is 2.74. The number of anilines is 1. The number of amides is 2. The van der Waals surface area contributed by atoms with Gasteiger partial charge in [-0.15, -0.1) is 0 Å². The summed E-state index contributed by atoms with van der Waals surface area (Å²) in [5.41, 5.74) is 2.27. The van der Waals surface area contributed by atoms with E-state index in [0.717, 1.165) is 31.6 Å². The van der Waals surface area contributed by atoms with Crippen molar-refractivity contribution in [3.8, 4) is 0 Å².